The van der Waals surface area contributed by atoms with Gasteiger partial charge in [-0.3, -0.25) is 9.89 Å². The second kappa shape index (κ2) is 10.3. The first-order valence-corrected chi connectivity index (χ1v) is 9.02. The molecule has 140 valence electrons. The second-order valence-electron chi connectivity index (χ2n) is 6.45. The Labute approximate surface area is 151 Å². The van der Waals surface area contributed by atoms with Crippen LogP contribution in [0.1, 0.15) is 31.4 Å². The number of guanidine groups is 1. The Morgan fingerprint density at radius 3 is 2.60 bits per heavy atom. The van der Waals surface area contributed by atoms with Gasteiger partial charge < -0.3 is 20.1 Å². The maximum absolute atomic E-state index is 5.60. The molecular weight excluding hydrogens is 316 g/mol. The van der Waals surface area contributed by atoms with Gasteiger partial charge in [-0.2, -0.15) is 0 Å². The van der Waals surface area contributed by atoms with Crippen LogP contribution in [-0.2, 0) is 4.74 Å². The minimum Gasteiger partial charge on any atom is -0.496 e. The maximum atomic E-state index is 5.60. The van der Waals surface area contributed by atoms with E-state index in [9.17, 15) is 0 Å². The molecule has 1 fully saturated rings. The molecule has 2 rings (SSSR count). The number of ether oxygens (including phenoxy) is 2. The predicted octanol–water partition coefficient (Wildman–Crippen LogP) is 2.03. The Kier molecular flexibility index (Phi) is 8.01. The molecule has 6 heteroatoms. The van der Waals surface area contributed by atoms with Crippen molar-refractivity contribution in [1.29, 1.82) is 0 Å². The van der Waals surface area contributed by atoms with Gasteiger partial charge in [0.15, 0.2) is 5.96 Å². The van der Waals surface area contributed by atoms with Gasteiger partial charge in [-0.15, -0.1) is 0 Å². The highest BCUT2D eigenvalue weighted by atomic mass is 16.5. The fourth-order valence-electron chi connectivity index (χ4n) is 3.34. The topological polar surface area (TPSA) is 58.1 Å². The summed E-state index contributed by atoms with van der Waals surface area (Å²) in [4.78, 5) is 6.86. The Bertz CT molecular complexity index is 544. The minimum absolute atomic E-state index is 0.202. The summed E-state index contributed by atoms with van der Waals surface area (Å²) in [6.07, 6.45) is 2.51. The summed E-state index contributed by atoms with van der Waals surface area (Å²) in [5, 5.41) is 6.83. The molecule has 0 aromatic heterocycles. The van der Waals surface area contributed by atoms with Crippen LogP contribution in [0.15, 0.2) is 29.3 Å². The minimum atomic E-state index is 0.202. The van der Waals surface area contributed by atoms with E-state index in [-0.39, 0.29) is 12.1 Å². The highest BCUT2D eigenvalue weighted by Crippen LogP contribution is 2.31. The Morgan fingerprint density at radius 2 is 1.96 bits per heavy atom. The molecule has 0 aliphatic carbocycles. The zero-order valence-corrected chi connectivity index (χ0v) is 15.9. The van der Waals surface area contributed by atoms with E-state index >= 15 is 0 Å². The van der Waals surface area contributed by atoms with E-state index < -0.39 is 0 Å². The number of nitrogens with zero attached hydrogens (tertiary/aromatic N) is 2. The van der Waals surface area contributed by atoms with E-state index in [2.05, 4.69) is 39.6 Å². The van der Waals surface area contributed by atoms with Crippen molar-refractivity contribution in [3.63, 3.8) is 0 Å². The number of nitrogens with one attached hydrogen (secondary N) is 2. The summed E-state index contributed by atoms with van der Waals surface area (Å²) >= 11 is 0. The fraction of sp³-hybridized carbons (Fsp3) is 0.632. The summed E-state index contributed by atoms with van der Waals surface area (Å²) < 4.78 is 10.8. The van der Waals surface area contributed by atoms with Crippen LogP contribution in [0.4, 0.5) is 0 Å². The number of hydrogen-bond acceptors (Lipinski definition) is 4. The summed E-state index contributed by atoms with van der Waals surface area (Å²) in [5.74, 6) is 1.74. The summed E-state index contributed by atoms with van der Waals surface area (Å²) in [7, 11) is 5.24. The number of para-hydroxylation sites is 1. The third-order valence-corrected chi connectivity index (χ3v) is 4.57. The van der Waals surface area contributed by atoms with Crippen molar-refractivity contribution >= 4 is 5.96 Å². The summed E-state index contributed by atoms with van der Waals surface area (Å²) in [6.45, 7) is 5.74. The number of likely N-dealkylation sites (tertiary alicyclic amines) is 1. The van der Waals surface area contributed by atoms with Crippen LogP contribution in [-0.4, -0.2) is 64.4 Å². The van der Waals surface area contributed by atoms with E-state index in [1.165, 1.54) is 18.4 Å². The molecule has 1 aromatic carbocycles. The molecule has 1 saturated heterocycles. The SMILES string of the molecule is CN=C(NCC(c1ccccc1OC)N1CCCC1)NC(C)COC. The molecule has 1 aromatic rings. The van der Waals surface area contributed by atoms with Gasteiger partial charge in [0.2, 0.25) is 0 Å². The molecule has 6 nitrogen and oxygen atoms in total. The normalized spacial score (nSPS) is 18.0. The molecule has 2 unspecified atom stereocenters. The zero-order valence-electron chi connectivity index (χ0n) is 15.9. The van der Waals surface area contributed by atoms with Crippen LogP contribution in [0.2, 0.25) is 0 Å². The van der Waals surface area contributed by atoms with E-state index in [1.54, 1.807) is 21.3 Å². The average molecular weight is 348 g/mol. The fourth-order valence-corrected chi connectivity index (χ4v) is 3.34. The quantitative estimate of drug-likeness (QED) is 0.556. The van der Waals surface area contributed by atoms with Gasteiger partial charge in [-0.1, -0.05) is 18.2 Å². The number of rotatable bonds is 8. The molecule has 1 heterocycles. The molecule has 0 saturated carbocycles. The highest BCUT2D eigenvalue weighted by molar-refractivity contribution is 5.80. The maximum Gasteiger partial charge on any atom is 0.191 e. The smallest absolute Gasteiger partial charge is 0.191 e. The third-order valence-electron chi connectivity index (χ3n) is 4.57. The van der Waals surface area contributed by atoms with Gasteiger partial charge in [-0.05, 0) is 38.9 Å². The van der Waals surface area contributed by atoms with Gasteiger partial charge in [0.05, 0.1) is 19.8 Å². The highest BCUT2D eigenvalue weighted by Gasteiger charge is 2.26. The molecule has 2 atom stereocenters. The van der Waals surface area contributed by atoms with Crippen molar-refractivity contribution in [2.24, 2.45) is 4.99 Å². The monoisotopic (exact) mass is 348 g/mol. The largest absolute Gasteiger partial charge is 0.496 e. The van der Waals surface area contributed by atoms with Crippen LogP contribution < -0.4 is 15.4 Å². The first-order chi connectivity index (χ1) is 12.2. The molecule has 0 radical (unpaired) electrons. The van der Waals surface area contributed by atoms with Gasteiger partial charge in [-0.25, -0.2) is 0 Å². The Balaban J connectivity index is 2.08. The number of hydrogen-bond donors (Lipinski definition) is 2. The van der Waals surface area contributed by atoms with Crippen LogP contribution in [0.3, 0.4) is 0 Å². The molecule has 2 N–H and O–H groups in total. The van der Waals surface area contributed by atoms with Crippen molar-refractivity contribution in [3.8, 4) is 5.75 Å². The van der Waals surface area contributed by atoms with E-state index in [1.807, 2.05) is 12.1 Å². The molecule has 25 heavy (non-hydrogen) atoms. The molecule has 0 spiro atoms. The second-order valence-corrected chi connectivity index (χ2v) is 6.45. The standard InChI is InChI=1S/C19H32N4O2/c1-15(14-24-3)22-19(20-2)21-13-17(23-11-7-8-12-23)16-9-5-6-10-18(16)25-4/h5-6,9-10,15,17H,7-8,11-14H2,1-4H3,(H2,20,21,22). The molecular formula is C19H32N4O2. The van der Waals surface area contributed by atoms with Gasteiger partial charge in [0.25, 0.3) is 0 Å². The van der Waals surface area contributed by atoms with Gasteiger partial charge in [0.1, 0.15) is 5.75 Å². The Hall–Kier alpha value is -1.79. The van der Waals surface area contributed by atoms with E-state index in [4.69, 9.17) is 9.47 Å². The number of methoxy groups -OCH3 is 2. The van der Waals surface area contributed by atoms with Crippen molar-refractivity contribution in [2.45, 2.75) is 31.8 Å². The van der Waals surface area contributed by atoms with E-state index in [0.717, 1.165) is 31.3 Å². The Morgan fingerprint density at radius 1 is 1.24 bits per heavy atom. The zero-order chi connectivity index (χ0) is 18.1. The van der Waals surface area contributed by atoms with Crippen molar-refractivity contribution in [2.75, 3.05) is 47.5 Å². The third kappa shape index (κ3) is 5.61. The van der Waals surface area contributed by atoms with E-state index in [0.29, 0.717) is 6.61 Å². The molecule has 0 bridgehead atoms. The predicted molar refractivity (Wildman–Crippen MR) is 102 cm³/mol. The van der Waals surface area contributed by atoms with Gasteiger partial charge >= 0.3 is 0 Å². The molecule has 1 aliphatic heterocycles. The molecule has 1 aliphatic rings. The average Bonchev–Trinajstić information content (AvgIpc) is 3.16. The van der Waals surface area contributed by atoms with Crippen LogP contribution in [0.5, 0.6) is 5.75 Å². The van der Waals surface area contributed by atoms with Crippen LogP contribution >= 0.6 is 0 Å². The lowest BCUT2D eigenvalue weighted by Crippen LogP contribution is -2.46. The molecule has 0 amide bonds. The lowest BCUT2D eigenvalue weighted by molar-refractivity contribution is 0.178. The van der Waals surface area contributed by atoms with Crippen molar-refractivity contribution in [1.82, 2.24) is 15.5 Å². The number of aliphatic imine (C=N–C) groups is 1. The first-order valence-electron chi connectivity index (χ1n) is 9.02. The van der Waals surface area contributed by atoms with Crippen LogP contribution in [0.25, 0.3) is 0 Å². The van der Waals surface area contributed by atoms with Crippen molar-refractivity contribution in [3.05, 3.63) is 29.8 Å². The number of benzene rings is 1. The summed E-state index contributed by atoms with van der Waals surface area (Å²) in [5.41, 5.74) is 1.22. The summed E-state index contributed by atoms with van der Waals surface area (Å²) in [6, 6.07) is 8.75. The van der Waals surface area contributed by atoms with Gasteiger partial charge in [0, 0.05) is 32.3 Å². The van der Waals surface area contributed by atoms with Crippen LogP contribution in [0, 0.1) is 0 Å². The van der Waals surface area contributed by atoms with Crippen molar-refractivity contribution < 1.29 is 9.47 Å². The first kappa shape index (κ1) is 19.5. The lowest BCUT2D eigenvalue weighted by atomic mass is 10.0. The lowest BCUT2D eigenvalue weighted by Gasteiger charge is -2.30.